The zero-order valence-corrected chi connectivity index (χ0v) is 12.6. The summed E-state index contributed by atoms with van der Waals surface area (Å²) in [6.45, 7) is 7.05. The second-order valence-electron chi connectivity index (χ2n) is 6.58. The highest BCUT2D eigenvalue weighted by atomic mass is 31.2. The Morgan fingerprint density at radius 1 is 1.18 bits per heavy atom. The molecule has 1 saturated heterocycles. The van der Waals surface area contributed by atoms with Gasteiger partial charge in [-0.1, -0.05) is 27.2 Å². The summed E-state index contributed by atoms with van der Waals surface area (Å²) in [5, 5.41) is 0. The largest absolute Gasteiger partial charge is 0.401 e. The summed E-state index contributed by atoms with van der Waals surface area (Å²) in [7, 11) is 4.99. The summed E-state index contributed by atoms with van der Waals surface area (Å²) >= 11 is 0. The zero-order chi connectivity index (χ0) is 12.5. The van der Waals surface area contributed by atoms with Gasteiger partial charge in [-0.15, -0.1) is 0 Å². The van der Waals surface area contributed by atoms with Gasteiger partial charge in [-0.05, 0) is 43.4 Å². The first kappa shape index (κ1) is 13.9. The van der Waals surface area contributed by atoms with Gasteiger partial charge >= 0.3 is 7.57 Å². The molecule has 17 heavy (non-hydrogen) atoms. The highest BCUT2D eigenvalue weighted by Gasteiger charge is 2.44. The van der Waals surface area contributed by atoms with E-state index in [9.17, 15) is 0 Å². The van der Waals surface area contributed by atoms with Gasteiger partial charge in [-0.25, -0.2) is 0 Å². The molecule has 2 radical (unpaired) electrons. The van der Waals surface area contributed by atoms with E-state index in [1.54, 1.807) is 0 Å². The SMILES string of the molecule is [B][P+]1(O[C@@H]2C[C@H](C)CC[C@H]2C(C)C)CCCC1. The molecule has 0 amide bonds. The average Bonchev–Trinajstić information content (AvgIpc) is 2.64. The fourth-order valence-corrected chi connectivity index (χ4v) is 6.22. The van der Waals surface area contributed by atoms with Crippen molar-refractivity contribution >= 4 is 14.9 Å². The van der Waals surface area contributed by atoms with E-state index in [1.165, 1.54) is 44.4 Å². The molecule has 0 bridgehead atoms. The smallest absolute Gasteiger partial charge is 0.253 e. The predicted molar refractivity (Wildman–Crippen MR) is 77.9 cm³/mol. The van der Waals surface area contributed by atoms with Crippen LogP contribution >= 0.6 is 7.37 Å². The fourth-order valence-electron chi connectivity index (χ4n) is 3.48. The molecule has 0 spiro atoms. The van der Waals surface area contributed by atoms with Crippen molar-refractivity contribution in [1.82, 2.24) is 0 Å². The van der Waals surface area contributed by atoms with Crippen LogP contribution in [0.1, 0.15) is 52.9 Å². The molecule has 1 aliphatic heterocycles. The molecule has 3 atom stereocenters. The summed E-state index contributed by atoms with van der Waals surface area (Å²) in [6, 6.07) is 0. The molecule has 96 valence electrons. The third-order valence-electron chi connectivity index (χ3n) is 4.63. The van der Waals surface area contributed by atoms with E-state index >= 15 is 0 Å². The molecule has 3 heteroatoms. The van der Waals surface area contributed by atoms with Crippen molar-refractivity contribution in [2.45, 2.75) is 59.0 Å². The van der Waals surface area contributed by atoms with Crippen LogP contribution in [0.2, 0.25) is 0 Å². The first-order chi connectivity index (χ1) is 8.00. The summed E-state index contributed by atoms with van der Waals surface area (Å²) in [5.74, 6) is 2.30. The second kappa shape index (κ2) is 5.62. The lowest BCUT2D eigenvalue weighted by Crippen LogP contribution is -2.34. The van der Waals surface area contributed by atoms with E-state index in [-0.39, 0.29) is 0 Å². The highest BCUT2D eigenvalue weighted by Crippen LogP contribution is 2.62. The van der Waals surface area contributed by atoms with Crippen LogP contribution in [0, 0.1) is 17.8 Å². The van der Waals surface area contributed by atoms with Gasteiger partial charge in [0.05, 0.1) is 19.7 Å². The summed E-state index contributed by atoms with van der Waals surface area (Å²) in [4.78, 5) is 0. The number of hydrogen-bond acceptors (Lipinski definition) is 1. The molecule has 2 rings (SSSR count). The van der Waals surface area contributed by atoms with E-state index in [0.717, 1.165) is 17.8 Å². The van der Waals surface area contributed by atoms with Crippen LogP contribution in [0.3, 0.4) is 0 Å². The number of rotatable bonds is 3. The van der Waals surface area contributed by atoms with Gasteiger partial charge in [0.25, 0.3) is 0 Å². The van der Waals surface area contributed by atoms with Crippen molar-refractivity contribution in [3.63, 3.8) is 0 Å². The van der Waals surface area contributed by atoms with Crippen LogP contribution < -0.4 is 0 Å². The minimum absolute atomic E-state index is 0.454. The highest BCUT2D eigenvalue weighted by molar-refractivity contribution is 7.93. The lowest BCUT2D eigenvalue weighted by atomic mass is 9.75. The van der Waals surface area contributed by atoms with Gasteiger partial charge < -0.3 is 0 Å². The Morgan fingerprint density at radius 3 is 2.41 bits per heavy atom. The first-order valence-electron chi connectivity index (χ1n) is 7.34. The zero-order valence-electron chi connectivity index (χ0n) is 11.7. The van der Waals surface area contributed by atoms with Crippen molar-refractivity contribution in [3.8, 4) is 0 Å². The van der Waals surface area contributed by atoms with Crippen molar-refractivity contribution in [2.75, 3.05) is 12.3 Å². The molecule has 0 unspecified atom stereocenters. The monoisotopic (exact) mass is 253 g/mol. The van der Waals surface area contributed by atoms with Gasteiger partial charge in [0.1, 0.15) is 6.10 Å². The van der Waals surface area contributed by atoms with E-state index in [0.29, 0.717) is 6.10 Å². The minimum Gasteiger partial charge on any atom is -0.253 e. The van der Waals surface area contributed by atoms with Crippen LogP contribution in [-0.4, -0.2) is 26.0 Å². The van der Waals surface area contributed by atoms with Crippen LogP contribution in [0.25, 0.3) is 0 Å². The molecule has 1 aliphatic carbocycles. The Balaban J connectivity index is 1.99. The molecule has 0 aromatic rings. The Bertz CT molecular complexity index is 251. The van der Waals surface area contributed by atoms with Crippen LogP contribution in [0.15, 0.2) is 0 Å². The van der Waals surface area contributed by atoms with Crippen molar-refractivity contribution in [2.24, 2.45) is 17.8 Å². The van der Waals surface area contributed by atoms with E-state index in [2.05, 4.69) is 20.8 Å². The fraction of sp³-hybridized carbons (Fsp3) is 1.00. The van der Waals surface area contributed by atoms with Gasteiger partial charge in [0, 0.05) is 0 Å². The summed E-state index contributed by atoms with van der Waals surface area (Å²) in [6.07, 6.45) is 9.32. The molecule has 0 N–H and O–H groups in total. The van der Waals surface area contributed by atoms with Gasteiger partial charge in [-0.3, -0.25) is 4.52 Å². The number of hydrogen-bond donors (Lipinski definition) is 0. The topological polar surface area (TPSA) is 9.23 Å². The summed E-state index contributed by atoms with van der Waals surface area (Å²) < 4.78 is 6.47. The average molecular weight is 253 g/mol. The standard InChI is InChI=1S/C14H27BOP/c1-11(2)13-7-6-12(3)10-14(13)16-17(15)8-4-5-9-17/h11-14H,4-10H2,1-3H3/q+1/t12-,13+,14-/m1/s1. The molecule has 1 saturated carbocycles. The Morgan fingerprint density at radius 2 is 1.82 bits per heavy atom. The lowest BCUT2D eigenvalue weighted by Gasteiger charge is -2.38. The van der Waals surface area contributed by atoms with Gasteiger partial charge in [0.2, 0.25) is 0 Å². The third-order valence-corrected chi connectivity index (χ3v) is 7.47. The van der Waals surface area contributed by atoms with Crippen molar-refractivity contribution in [3.05, 3.63) is 0 Å². The molecule has 1 nitrogen and oxygen atoms in total. The Hall–Kier alpha value is 0.455. The minimum atomic E-state index is -1.49. The predicted octanol–water partition coefficient (Wildman–Crippen LogP) is 4.27. The molecule has 1 heterocycles. The van der Waals surface area contributed by atoms with E-state index in [1.807, 2.05) is 0 Å². The van der Waals surface area contributed by atoms with Crippen LogP contribution in [-0.2, 0) is 4.52 Å². The molecule has 0 aromatic heterocycles. The molecule has 2 aliphatic rings. The first-order valence-corrected chi connectivity index (χ1v) is 9.49. The molecular weight excluding hydrogens is 226 g/mol. The van der Waals surface area contributed by atoms with Gasteiger partial charge in [0.15, 0.2) is 0 Å². The van der Waals surface area contributed by atoms with Crippen LogP contribution in [0.4, 0.5) is 0 Å². The van der Waals surface area contributed by atoms with Crippen molar-refractivity contribution < 1.29 is 4.52 Å². The Kier molecular flexibility index (Phi) is 4.58. The quantitative estimate of drug-likeness (QED) is 0.539. The van der Waals surface area contributed by atoms with Gasteiger partial charge in [-0.2, -0.15) is 0 Å². The lowest BCUT2D eigenvalue weighted by molar-refractivity contribution is 0.0543. The normalized spacial score (nSPS) is 37.5. The van der Waals surface area contributed by atoms with Crippen molar-refractivity contribution in [1.29, 1.82) is 0 Å². The second-order valence-corrected chi connectivity index (χ2v) is 9.59. The molecular formula is C14H27BOP+. The Labute approximate surface area is 109 Å². The van der Waals surface area contributed by atoms with Crippen LogP contribution in [0.5, 0.6) is 0 Å². The third kappa shape index (κ3) is 3.47. The summed E-state index contributed by atoms with van der Waals surface area (Å²) in [5.41, 5.74) is 0. The molecule has 2 fully saturated rings. The van der Waals surface area contributed by atoms with E-state index < -0.39 is 7.37 Å². The van der Waals surface area contributed by atoms with E-state index in [4.69, 9.17) is 12.1 Å². The maximum absolute atomic E-state index is 6.49. The maximum atomic E-state index is 6.49. The maximum Gasteiger partial charge on any atom is 0.401 e. The molecule has 0 aromatic carbocycles.